The number of aliphatic hydroxyl groups excluding tert-OH is 1. The maximum atomic E-state index is 11.6. The Morgan fingerprint density at radius 3 is 2.86 bits per heavy atom. The molecule has 1 aromatic rings. The largest absolute Gasteiger partial charge is 0.396 e. The quantitative estimate of drug-likeness (QED) is 0.807. The minimum Gasteiger partial charge on any atom is -0.396 e. The summed E-state index contributed by atoms with van der Waals surface area (Å²) in [6.45, 7) is 5.22. The molecule has 0 aliphatic carbocycles. The van der Waals surface area contributed by atoms with Crippen LogP contribution in [0.15, 0.2) is 0 Å². The van der Waals surface area contributed by atoms with E-state index < -0.39 is 9.84 Å². The molecule has 1 aliphatic heterocycles. The van der Waals surface area contributed by atoms with Crippen LogP contribution in [0.2, 0.25) is 5.15 Å². The second kappa shape index (κ2) is 6.64. The lowest BCUT2D eigenvalue weighted by Crippen LogP contribution is -2.23. The molecule has 0 radical (unpaired) electrons. The average molecular weight is 336 g/mol. The van der Waals surface area contributed by atoms with Gasteiger partial charge < -0.3 is 10.4 Å². The van der Waals surface area contributed by atoms with E-state index in [-0.39, 0.29) is 30.1 Å². The van der Waals surface area contributed by atoms with Gasteiger partial charge in [0.05, 0.1) is 23.2 Å². The third-order valence-corrected chi connectivity index (χ3v) is 5.96. The molecule has 1 aromatic heterocycles. The third kappa shape index (κ3) is 3.97. The number of nitrogens with one attached hydrogen (secondary N) is 1. The number of rotatable bonds is 6. The van der Waals surface area contributed by atoms with Gasteiger partial charge in [0.1, 0.15) is 5.15 Å². The van der Waals surface area contributed by atoms with Crippen LogP contribution in [0.1, 0.15) is 30.6 Å². The Balaban J connectivity index is 2.07. The van der Waals surface area contributed by atoms with Crippen LogP contribution < -0.4 is 5.32 Å². The Hall–Kier alpha value is -0.630. The monoisotopic (exact) mass is 335 g/mol. The number of hydrogen-bond donors (Lipinski definition) is 2. The van der Waals surface area contributed by atoms with E-state index >= 15 is 0 Å². The van der Waals surface area contributed by atoms with E-state index in [2.05, 4.69) is 10.4 Å². The lowest BCUT2D eigenvalue weighted by molar-refractivity contribution is 0.233. The first kappa shape index (κ1) is 16.7. The first-order chi connectivity index (χ1) is 9.84. The van der Waals surface area contributed by atoms with E-state index in [1.807, 2.05) is 13.8 Å². The molecule has 2 N–H and O–H groups in total. The van der Waals surface area contributed by atoms with Crippen LogP contribution in [-0.4, -0.2) is 48.0 Å². The fourth-order valence-electron chi connectivity index (χ4n) is 2.47. The summed E-state index contributed by atoms with van der Waals surface area (Å²) in [6.07, 6.45) is 0.567. The van der Waals surface area contributed by atoms with Gasteiger partial charge in [-0.15, -0.1) is 0 Å². The molecular weight excluding hydrogens is 314 g/mol. The van der Waals surface area contributed by atoms with E-state index in [9.17, 15) is 8.42 Å². The molecule has 0 saturated carbocycles. The zero-order valence-electron chi connectivity index (χ0n) is 12.3. The number of halogens is 1. The lowest BCUT2D eigenvalue weighted by atomic mass is 10.2. The Bertz CT molecular complexity index is 600. The van der Waals surface area contributed by atoms with Crippen molar-refractivity contribution in [2.75, 3.05) is 24.7 Å². The van der Waals surface area contributed by atoms with Gasteiger partial charge in [-0.1, -0.05) is 18.5 Å². The van der Waals surface area contributed by atoms with Crippen molar-refractivity contribution in [2.45, 2.75) is 32.9 Å². The van der Waals surface area contributed by atoms with Gasteiger partial charge in [-0.3, -0.25) is 0 Å². The minimum atomic E-state index is -2.96. The number of hydrogen-bond acceptors (Lipinski definition) is 5. The second-order valence-corrected chi connectivity index (χ2v) is 8.36. The topological polar surface area (TPSA) is 84.2 Å². The third-order valence-electron chi connectivity index (χ3n) is 3.81. The summed E-state index contributed by atoms with van der Waals surface area (Å²) in [7, 11) is -2.96. The molecule has 2 atom stereocenters. The van der Waals surface area contributed by atoms with Crippen LogP contribution in [0.4, 0.5) is 0 Å². The zero-order chi connectivity index (χ0) is 15.6. The van der Waals surface area contributed by atoms with Gasteiger partial charge in [-0.05, 0) is 19.3 Å². The molecule has 6 nitrogen and oxygen atoms in total. The van der Waals surface area contributed by atoms with Gasteiger partial charge >= 0.3 is 0 Å². The summed E-state index contributed by atoms with van der Waals surface area (Å²) in [4.78, 5) is 0. The first-order valence-corrected chi connectivity index (χ1v) is 9.29. The van der Waals surface area contributed by atoms with Crippen molar-refractivity contribution in [3.8, 4) is 0 Å². The Morgan fingerprint density at radius 1 is 1.57 bits per heavy atom. The first-order valence-electron chi connectivity index (χ1n) is 7.09. The number of aryl methyl sites for hydroxylation is 1. The number of nitrogens with zero attached hydrogens (tertiary/aromatic N) is 2. The molecule has 1 fully saturated rings. The van der Waals surface area contributed by atoms with Crippen molar-refractivity contribution in [1.82, 2.24) is 15.1 Å². The van der Waals surface area contributed by atoms with Crippen molar-refractivity contribution in [2.24, 2.45) is 5.92 Å². The molecule has 0 spiro atoms. The molecule has 8 heteroatoms. The van der Waals surface area contributed by atoms with Gasteiger partial charge in [0, 0.05) is 25.3 Å². The molecule has 2 rings (SSSR count). The Labute approximate surface area is 130 Å². The highest BCUT2D eigenvalue weighted by molar-refractivity contribution is 7.91. The molecule has 0 amide bonds. The molecule has 120 valence electrons. The fourth-order valence-corrected chi connectivity index (χ4v) is 4.54. The van der Waals surface area contributed by atoms with Crippen molar-refractivity contribution in [1.29, 1.82) is 0 Å². The van der Waals surface area contributed by atoms with Crippen LogP contribution in [-0.2, 0) is 16.4 Å². The number of sulfone groups is 1. The fraction of sp³-hybridized carbons (Fsp3) is 0.769. The van der Waals surface area contributed by atoms with Crippen LogP contribution in [0.5, 0.6) is 0 Å². The lowest BCUT2D eigenvalue weighted by Gasteiger charge is -2.11. The SMILES string of the molecule is Cc1nn([C@H]2CCS(=O)(=O)C2)c(Cl)c1CNC[C@H](C)CO. The molecule has 21 heavy (non-hydrogen) atoms. The van der Waals surface area contributed by atoms with Crippen LogP contribution in [0.3, 0.4) is 0 Å². The normalized spacial score (nSPS) is 22.6. The van der Waals surface area contributed by atoms with Gasteiger partial charge in [-0.25, -0.2) is 13.1 Å². The zero-order valence-corrected chi connectivity index (χ0v) is 13.9. The van der Waals surface area contributed by atoms with Crippen molar-refractivity contribution in [3.05, 3.63) is 16.4 Å². The highest BCUT2D eigenvalue weighted by Gasteiger charge is 2.31. The number of aromatic nitrogens is 2. The van der Waals surface area contributed by atoms with Crippen molar-refractivity contribution < 1.29 is 13.5 Å². The molecule has 0 aromatic carbocycles. The standard InChI is InChI=1S/C13H22ClN3O3S/c1-9(7-18)5-15-6-12-10(2)16-17(13(12)14)11-3-4-21(19,20)8-11/h9,11,15,18H,3-8H2,1-2H3/t9-,11-/m0/s1. The van der Waals surface area contributed by atoms with E-state index in [1.54, 1.807) is 4.68 Å². The molecule has 1 aliphatic rings. The van der Waals surface area contributed by atoms with Crippen LogP contribution in [0, 0.1) is 12.8 Å². The van der Waals surface area contributed by atoms with Gasteiger partial charge in [0.2, 0.25) is 0 Å². The predicted octanol–water partition coefficient (Wildman–Crippen LogP) is 0.923. The van der Waals surface area contributed by atoms with Gasteiger partial charge in [0.15, 0.2) is 9.84 Å². The smallest absolute Gasteiger partial charge is 0.152 e. The van der Waals surface area contributed by atoms with E-state index in [0.717, 1.165) is 11.3 Å². The Kier molecular flexibility index (Phi) is 5.29. The van der Waals surface area contributed by atoms with Crippen LogP contribution >= 0.6 is 11.6 Å². The average Bonchev–Trinajstić information content (AvgIpc) is 2.91. The molecule has 0 unspecified atom stereocenters. The van der Waals surface area contributed by atoms with E-state index in [1.165, 1.54) is 0 Å². The van der Waals surface area contributed by atoms with E-state index in [0.29, 0.717) is 24.7 Å². The minimum absolute atomic E-state index is 0.113. The van der Waals surface area contributed by atoms with E-state index in [4.69, 9.17) is 16.7 Å². The number of aliphatic hydroxyl groups is 1. The summed E-state index contributed by atoms with van der Waals surface area (Å²) in [5.41, 5.74) is 1.71. The molecule has 2 heterocycles. The Morgan fingerprint density at radius 2 is 2.29 bits per heavy atom. The van der Waals surface area contributed by atoms with Gasteiger partial charge in [-0.2, -0.15) is 5.10 Å². The molecule has 0 bridgehead atoms. The highest BCUT2D eigenvalue weighted by atomic mass is 35.5. The molecule has 1 saturated heterocycles. The summed E-state index contributed by atoms with van der Waals surface area (Å²) in [5.74, 6) is 0.496. The van der Waals surface area contributed by atoms with Crippen LogP contribution in [0.25, 0.3) is 0 Å². The summed E-state index contributed by atoms with van der Waals surface area (Å²) in [5, 5.41) is 17.2. The van der Waals surface area contributed by atoms with Crippen molar-refractivity contribution in [3.63, 3.8) is 0 Å². The maximum Gasteiger partial charge on any atom is 0.152 e. The highest BCUT2D eigenvalue weighted by Crippen LogP contribution is 2.29. The van der Waals surface area contributed by atoms with Gasteiger partial charge in [0.25, 0.3) is 0 Å². The van der Waals surface area contributed by atoms with Crippen molar-refractivity contribution >= 4 is 21.4 Å². The summed E-state index contributed by atoms with van der Waals surface area (Å²) >= 11 is 6.37. The summed E-state index contributed by atoms with van der Waals surface area (Å²) < 4.78 is 24.8. The predicted molar refractivity (Wildman–Crippen MR) is 82.2 cm³/mol. The maximum absolute atomic E-state index is 11.6. The summed E-state index contributed by atoms with van der Waals surface area (Å²) in [6, 6.07) is -0.161. The molecular formula is C13H22ClN3O3S. The second-order valence-electron chi connectivity index (χ2n) is 5.77.